The Kier molecular flexibility index (Phi) is 4.13. The summed E-state index contributed by atoms with van der Waals surface area (Å²) in [6, 6.07) is 6.11. The summed E-state index contributed by atoms with van der Waals surface area (Å²) in [7, 11) is 0. The van der Waals surface area contributed by atoms with Crippen LogP contribution < -0.4 is 5.32 Å². The zero-order valence-corrected chi connectivity index (χ0v) is 12.6. The van der Waals surface area contributed by atoms with Crippen molar-refractivity contribution in [2.24, 2.45) is 0 Å². The van der Waals surface area contributed by atoms with Crippen LogP contribution in [0.15, 0.2) is 29.7 Å². The fourth-order valence-corrected chi connectivity index (χ4v) is 2.86. The molecule has 3 rings (SSSR count). The number of anilines is 1. The molecule has 1 aliphatic heterocycles. The number of aryl methyl sites for hydroxylation is 2. The molecule has 0 bridgehead atoms. The van der Waals surface area contributed by atoms with Crippen LogP contribution in [-0.4, -0.2) is 25.0 Å². The average molecular weight is 301 g/mol. The summed E-state index contributed by atoms with van der Waals surface area (Å²) in [6.07, 6.45) is 4.60. The van der Waals surface area contributed by atoms with E-state index in [0.29, 0.717) is 0 Å². The van der Waals surface area contributed by atoms with Crippen LogP contribution in [0.5, 0.6) is 0 Å². The Labute approximate surface area is 129 Å². The molecule has 2 aliphatic rings. The molecule has 0 radical (unpaired) electrons. The molecule has 0 unspecified atom stereocenters. The molecule has 0 saturated carbocycles. The normalized spacial score (nSPS) is 17.0. The van der Waals surface area contributed by atoms with Crippen LogP contribution in [0, 0.1) is 0 Å². The third-order valence-corrected chi connectivity index (χ3v) is 3.94. The Balaban J connectivity index is 1.84. The van der Waals surface area contributed by atoms with Crippen molar-refractivity contribution in [3.8, 4) is 0 Å². The van der Waals surface area contributed by atoms with E-state index in [1.165, 1.54) is 24.0 Å². The first-order valence-corrected chi connectivity index (χ1v) is 7.65. The van der Waals surface area contributed by atoms with Gasteiger partial charge in [0.1, 0.15) is 0 Å². The van der Waals surface area contributed by atoms with E-state index in [2.05, 4.69) is 17.4 Å². The van der Waals surface area contributed by atoms with Gasteiger partial charge in [-0.3, -0.25) is 4.79 Å². The number of hydrogen-bond acceptors (Lipinski definition) is 5. The number of ether oxygens (including phenoxy) is 2. The van der Waals surface area contributed by atoms with Gasteiger partial charge in [-0.15, -0.1) is 0 Å². The van der Waals surface area contributed by atoms with Gasteiger partial charge in [-0.1, -0.05) is 6.07 Å². The average Bonchev–Trinajstić information content (AvgIpc) is 2.88. The first-order chi connectivity index (χ1) is 10.7. The van der Waals surface area contributed by atoms with Crippen molar-refractivity contribution in [3.05, 3.63) is 40.8 Å². The number of ketones is 1. The molecule has 0 fully saturated rings. The van der Waals surface area contributed by atoms with Crippen LogP contribution in [-0.2, 0) is 31.9 Å². The van der Waals surface area contributed by atoms with Crippen LogP contribution in [0.4, 0.5) is 5.69 Å². The molecule has 1 heterocycles. The van der Waals surface area contributed by atoms with Crippen molar-refractivity contribution in [1.82, 2.24) is 0 Å². The molecule has 5 heteroatoms. The lowest BCUT2D eigenvalue weighted by Crippen LogP contribution is -2.16. The van der Waals surface area contributed by atoms with Crippen LogP contribution in [0.25, 0.3) is 0 Å². The molecule has 116 valence electrons. The summed E-state index contributed by atoms with van der Waals surface area (Å²) < 4.78 is 10.2. The fourth-order valence-electron chi connectivity index (χ4n) is 2.86. The van der Waals surface area contributed by atoms with Gasteiger partial charge in [0.2, 0.25) is 11.7 Å². The first kappa shape index (κ1) is 14.6. The van der Waals surface area contributed by atoms with Crippen molar-refractivity contribution in [2.45, 2.75) is 32.6 Å². The third-order valence-electron chi connectivity index (χ3n) is 3.94. The molecule has 1 aromatic rings. The van der Waals surface area contributed by atoms with E-state index in [9.17, 15) is 9.59 Å². The Hall–Kier alpha value is -2.30. The molecule has 0 spiro atoms. The predicted molar refractivity (Wildman–Crippen MR) is 81.3 cm³/mol. The Morgan fingerprint density at radius 3 is 2.82 bits per heavy atom. The maximum atomic E-state index is 11.9. The molecular formula is C17H19NO4. The van der Waals surface area contributed by atoms with Crippen LogP contribution in [0.3, 0.4) is 0 Å². The number of nitrogens with one attached hydrogen (secondary N) is 1. The molecule has 0 amide bonds. The maximum absolute atomic E-state index is 11.9. The molecule has 1 aliphatic carbocycles. The van der Waals surface area contributed by atoms with Crippen molar-refractivity contribution < 1.29 is 19.1 Å². The second-order valence-corrected chi connectivity index (χ2v) is 5.45. The largest absolute Gasteiger partial charge is 0.470 e. The molecule has 0 aromatic heterocycles. The minimum atomic E-state index is -0.634. The highest BCUT2D eigenvalue weighted by Gasteiger charge is 2.32. The lowest BCUT2D eigenvalue weighted by atomic mass is 9.91. The Morgan fingerprint density at radius 2 is 2.05 bits per heavy atom. The zero-order chi connectivity index (χ0) is 15.5. The summed E-state index contributed by atoms with van der Waals surface area (Å²) in [5, 5.41) is 3.05. The number of fused-ring (bicyclic) bond motifs is 1. The number of carbonyl (C=O) groups is 2. The van der Waals surface area contributed by atoms with E-state index in [0.717, 1.165) is 18.5 Å². The Morgan fingerprint density at radius 1 is 1.27 bits per heavy atom. The number of Topliss-reactive ketones (excluding diaryl/α,β-unsaturated/α-hetero) is 1. The smallest absolute Gasteiger partial charge is 0.347 e. The molecule has 0 atom stereocenters. The lowest BCUT2D eigenvalue weighted by Gasteiger charge is -2.17. The second-order valence-electron chi connectivity index (χ2n) is 5.45. The maximum Gasteiger partial charge on any atom is 0.347 e. The van der Waals surface area contributed by atoms with Gasteiger partial charge in [-0.25, -0.2) is 4.79 Å². The number of rotatable bonds is 4. The van der Waals surface area contributed by atoms with E-state index < -0.39 is 5.97 Å². The number of carbonyl (C=O) groups excluding carboxylic acids is 2. The summed E-state index contributed by atoms with van der Waals surface area (Å²) in [5.41, 5.74) is 3.49. The lowest BCUT2D eigenvalue weighted by molar-refractivity contribution is -0.139. The van der Waals surface area contributed by atoms with Crippen LogP contribution in [0.1, 0.15) is 30.9 Å². The van der Waals surface area contributed by atoms with Crippen molar-refractivity contribution in [2.75, 3.05) is 18.5 Å². The number of esters is 1. The Bertz CT molecular complexity index is 648. The number of hydrogen-bond donors (Lipinski definition) is 1. The van der Waals surface area contributed by atoms with Crippen molar-refractivity contribution in [1.29, 1.82) is 0 Å². The van der Waals surface area contributed by atoms with Crippen molar-refractivity contribution >= 4 is 17.4 Å². The van der Waals surface area contributed by atoms with Gasteiger partial charge in [0.25, 0.3) is 0 Å². The molecule has 1 aromatic carbocycles. The van der Waals surface area contributed by atoms with Gasteiger partial charge in [0.15, 0.2) is 12.2 Å². The number of benzene rings is 1. The summed E-state index contributed by atoms with van der Waals surface area (Å²) in [5.74, 6) is -0.788. The van der Waals surface area contributed by atoms with Gasteiger partial charge >= 0.3 is 5.97 Å². The van der Waals surface area contributed by atoms with Gasteiger partial charge in [-0.2, -0.15) is 0 Å². The summed E-state index contributed by atoms with van der Waals surface area (Å²) in [6.45, 7) is 1.80. The molecule has 5 nitrogen and oxygen atoms in total. The highest BCUT2D eigenvalue weighted by molar-refractivity contribution is 6.19. The topological polar surface area (TPSA) is 64.6 Å². The molecular weight excluding hydrogens is 282 g/mol. The minimum Gasteiger partial charge on any atom is -0.470 e. The monoisotopic (exact) mass is 301 g/mol. The van der Waals surface area contributed by atoms with E-state index in [4.69, 9.17) is 9.47 Å². The fraction of sp³-hybridized carbons (Fsp3) is 0.412. The predicted octanol–water partition coefficient (Wildman–Crippen LogP) is 2.35. The third kappa shape index (κ3) is 2.84. The molecule has 1 N–H and O–H groups in total. The van der Waals surface area contributed by atoms with Crippen molar-refractivity contribution in [3.63, 3.8) is 0 Å². The quantitative estimate of drug-likeness (QED) is 0.683. The van der Waals surface area contributed by atoms with Gasteiger partial charge in [-0.05, 0) is 55.9 Å². The van der Waals surface area contributed by atoms with Crippen LogP contribution >= 0.6 is 0 Å². The standard InChI is InChI=1S/C17H19NO4/c1-2-21-17(20)15-14(19)10-22-16(15)18-13-8-7-11-5-3-4-6-12(11)9-13/h7-9,18H,2-6,10H2,1H3. The van der Waals surface area contributed by atoms with Crippen LogP contribution in [0.2, 0.25) is 0 Å². The second kappa shape index (κ2) is 6.22. The zero-order valence-electron chi connectivity index (χ0n) is 12.6. The van der Waals surface area contributed by atoms with E-state index in [-0.39, 0.29) is 30.5 Å². The first-order valence-electron chi connectivity index (χ1n) is 7.65. The summed E-state index contributed by atoms with van der Waals surface area (Å²) in [4.78, 5) is 23.7. The van der Waals surface area contributed by atoms with Gasteiger partial charge in [0, 0.05) is 5.69 Å². The highest BCUT2D eigenvalue weighted by atomic mass is 16.5. The molecule has 22 heavy (non-hydrogen) atoms. The van der Waals surface area contributed by atoms with E-state index in [1.807, 2.05) is 6.07 Å². The van der Waals surface area contributed by atoms with Gasteiger partial charge in [0.05, 0.1) is 6.61 Å². The van der Waals surface area contributed by atoms with E-state index in [1.54, 1.807) is 6.92 Å². The highest BCUT2D eigenvalue weighted by Crippen LogP contribution is 2.26. The SMILES string of the molecule is CCOC(=O)C1=C(Nc2ccc3c(c2)CCCC3)OCC1=O. The minimum absolute atomic E-state index is 0.0282. The van der Waals surface area contributed by atoms with Gasteiger partial charge < -0.3 is 14.8 Å². The molecule has 0 saturated heterocycles. The van der Waals surface area contributed by atoms with E-state index >= 15 is 0 Å². The summed E-state index contributed by atoms with van der Waals surface area (Å²) >= 11 is 0.